The van der Waals surface area contributed by atoms with E-state index in [9.17, 15) is 0 Å². The van der Waals surface area contributed by atoms with Crippen LogP contribution in [0.5, 0.6) is 0 Å². The smallest absolute Gasteiger partial charge is 0.0410 e. The molecule has 0 spiro atoms. The van der Waals surface area contributed by atoms with Crippen LogP contribution in [-0.4, -0.2) is 34.6 Å². The average Bonchev–Trinajstić information content (AvgIpc) is 2.31. The zero-order chi connectivity index (χ0) is 14.0. The molecule has 1 N–H and O–H groups in total. The summed E-state index contributed by atoms with van der Waals surface area (Å²) in [5.74, 6) is 0.666. The van der Waals surface area contributed by atoms with Crippen molar-refractivity contribution in [3.8, 4) is 0 Å². The number of halogens is 1. The Kier molecular flexibility index (Phi) is 4.64. The number of nitrogens with zero attached hydrogens (tertiary/aromatic N) is 2. The van der Waals surface area contributed by atoms with Gasteiger partial charge in [-0.15, -0.1) is 0 Å². The molecule has 0 amide bonds. The average molecular weight is 326 g/mol. The van der Waals surface area contributed by atoms with Gasteiger partial charge in [0.2, 0.25) is 0 Å². The van der Waals surface area contributed by atoms with Crippen molar-refractivity contribution >= 4 is 15.9 Å². The van der Waals surface area contributed by atoms with E-state index in [0.29, 0.717) is 12.0 Å². The van der Waals surface area contributed by atoms with Crippen molar-refractivity contribution < 1.29 is 0 Å². The highest BCUT2D eigenvalue weighted by molar-refractivity contribution is 9.10. The molecule has 1 atom stereocenters. The molecule has 1 aliphatic rings. The zero-order valence-electron chi connectivity index (χ0n) is 12.3. The number of nitrogens with one attached hydrogen (secondary N) is 1. The van der Waals surface area contributed by atoms with Crippen LogP contribution in [0.3, 0.4) is 0 Å². The van der Waals surface area contributed by atoms with Gasteiger partial charge in [0.15, 0.2) is 0 Å². The molecule has 19 heavy (non-hydrogen) atoms. The Labute approximate surface area is 124 Å². The lowest BCUT2D eigenvalue weighted by atomic mass is 9.92. The molecular formula is C15H24BrN3. The van der Waals surface area contributed by atoms with E-state index in [1.807, 2.05) is 12.4 Å². The zero-order valence-corrected chi connectivity index (χ0v) is 13.9. The van der Waals surface area contributed by atoms with Gasteiger partial charge in [0.05, 0.1) is 0 Å². The van der Waals surface area contributed by atoms with Gasteiger partial charge in [-0.1, -0.05) is 13.8 Å². The van der Waals surface area contributed by atoms with Gasteiger partial charge in [0, 0.05) is 48.1 Å². The van der Waals surface area contributed by atoms with E-state index < -0.39 is 0 Å². The van der Waals surface area contributed by atoms with E-state index in [2.05, 4.69) is 64.9 Å². The Morgan fingerprint density at radius 1 is 1.47 bits per heavy atom. The molecule has 2 rings (SSSR count). The fraction of sp³-hybridized carbons (Fsp3) is 0.667. The fourth-order valence-electron chi connectivity index (χ4n) is 2.53. The number of rotatable bonds is 3. The summed E-state index contributed by atoms with van der Waals surface area (Å²) in [6, 6.07) is 2.74. The SMILES string of the molecule is CC(C)C1CN(Cc2cncc(Br)c2)C(C)(C)CN1. The van der Waals surface area contributed by atoms with Crippen molar-refractivity contribution in [2.45, 2.75) is 45.8 Å². The fourth-order valence-corrected chi connectivity index (χ4v) is 2.94. The summed E-state index contributed by atoms with van der Waals surface area (Å²) in [7, 11) is 0. The second-order valence-corrected chi connectivity index (χ2v) is 7.35. The molecule has 1 aliphatic heterocycles. The van der Waals surface area contributed by atoms with E-state index in [0.717, 1.165) is 24.1 Å². The minimum Gasteiger partial charge on any atom is -0.311 e. The van der Waals surface area contributed by atoms with Crippen LogP contribution in [0, 0.1) is 5.92 Å². The highest BCUT2D eigenvalue weighted by atomic mass is 79.9. The molecule has 4 heteroatoms. The molecule has 0 saturated carbocycles. The second kappa shape index (κ2) is 5.90. The van der Waals surface area contributed by atoms with Gasteiger partial charge in [-0.05, 0) is 47.3 Å². The molecule has 2 heterocycles. The number of aromatic nitrogens is 1. The third-order valence-corrected chi connectivity index (χ3v) is 4.44. The summed E-state index contributed by atoms with van der Waals surface area (Å²) in [6.07, 6.45) is 3.80. The first-order valence-corrected chi connectivity index (χ1v) is 7.75. The first-order chi connectivity index (χ1) is 8.88. The maximum Gasteiger partial charge on any atom is 0.0410 e. The number of pyridine rings is 1. The third-order valence-electron chi connectivity index (χ3n) is 4.01. The molecule has 106 valence electrons. The largest absolute Gasteiger partial charge is 0.311 e. The van der Waals surface area contributed by atoms with Gasteiger partial charge in [-0.3, -0.25) is 9.88 Å². The quantitative estimate of drug-likeness (QED) is 0.925. The molecule has 1 unspecified atom stereocenters. The molecule has 0 bridgehead atoms. The minimum atomic E-state index is 0.188. The molecule has 0 aromatic carbocycles. The number of piperazine rings is 1. The van der Waals surface area contributed by atoms with Crippen LogP contribution >= 0.6 is 15.9 Å². The number of hydrogen-bond donors (Lipinski definition) is 1. The maximum atomic E-state index is 4.26. The van der Waals surface area contributed by atoms with Crippen LogP contribution in [0.2, 0.25) is 0 Å². The van der Waals surface area contributed by atoms with Gasteiger partial charge >= 0.3 is 0 Å². The topological polar surface area (TPSA) is 28.2 Å². The Balaban J connectivity index is 2.11. The van der Waals surface area contributed by atoms with Crippen LogP contribution in [0.4, 0.5) is 0 Å². The lowest BCUT2D eigenvalue weighted by Gasteiger charge is -2.47. The molecule has 0 aliphatic carbocycles. The standard InChI is InChI=1S/C15H24BrN3/c1-11(2)14-9-19(15(3,4)10-18-14)8-12-5-13(16)7-17-6-12/h5-7,11,14,18H,8-10H2,1-4H3. The van der Waals surface area contributed by atoms with Crippen LogP contribution in [0.15, 0.2) is 22.9 Å². The lowest BCUT2D eigenvalue weighted by Crippen LogP contribution is -2.62. The van der Waals surface area contributed by atoms with Crippen molar-refractivity contribution in [3.05, 3.63) is 28.5 Å². The van der Waals surface area contributed by atoms with Gasteiger partial charge in [0.1, 0.15) is 0 Å². The molecule has 0 radical (unpaired) electrons. The summed E-state index contributed by atoms with van der Waals surface area (Å²) in [4.78, 5) is 6.83. The van der Waals surface area contributed by atoms with E-state index in [-0.39, 0.29) is 5.54 Å². The molecule has 1 aromatic rings. The predicted molar refractivity (Wildman–Crippen MR) is 83.1 cm³/mol. The molecule has 1 saturated heterocycles. The lowest BCUT2D eigenvalue weighted by molar-refractivity contribution is 0.0474. The van der Waals surface area contributed by atoms with E-state index in [4.69, 9.17) is 0 Å². The summed E-state index contributed by atoms with van der Waals surface area (Å²) in [5, 5.41) is 3.67. The summed E-state index contributed by atoms with van der Waals surface area (Å²) in [6.45, 7) is 12.3. The Morgan fingerprint density at radius 3 is 2.84 bits per heavy atom. The van der Waals surface area contributed by atoms with Gasteiger partial charge in [-0.2, -0.15) is 0 Å². The monoisotopic (exact) mass is 325 g/mol. The van der Waals surface area contributed by atoms with Crippen LogP contribution < -0.4 is 5.32 Å². The first-order valence-electron chi connectivity index (χ1n) is 6.96. The van der Waals surface area contributed by atoms with Crippen molar-refractivity contribution in [1.82, 2.24) is 15.2 Å². The third kappa shape index (κ3) is 3.77. The Hall–Kier alpha value is -0.450. The van der Waals surface area contributed by atoms with Crippen molar-refractivity contribution in [2.24, 2.45) is 5.92 Å². The minimum absolute atomic E-state index is 0.188. The summed E-state index contributed by atoms with van der Waals surface area (Å²) in [5.41, 5.74) is 1.46. The highest BCUT2D eigenvalue weighted by Gasteiger charge is 2.34. The molecule has 1 fully saturated rings. The van der Waals surface area contributed by atoms with Gasteiger partial charge in [0.25, 0.3) is 0 Å². The van der Waals surface area contributed by atoms with E-state index >= 15 is 0 Å². The molecular weight excluding hydrogens is 302 g/mol. The van der Waals surface area contributed by atoms with E-state index in [1.165, 1.54) is 5.56 Å². The van der Waals surface area contributed by atoms with Gasteiger partial charge < -0.3 is 5.32 Å². The van der Waals surface area contributed by atoms with Crippen LogP contribution in [0.1, 0.15) is 33.3 Å². The molecule has 1 aromatic heterocycles. The van der Waals surface area contributed by atoms with Crippen LogP contribution in [0.25, 0.3) is 0 Å². The van der Waals surface area contributed by atoms with Gasteiger partial charge in [-0.25, -0.2) is 0 Å². The Morgan fingerprint density at radius 2 is 2.21 bits per heavy atom. The predicted octanol–water partition coefficient (Wildman–Crippen LogP) is 3.05. The van der Waals surface area contributed by atoms with Crippen LogP contribution in [-0.2, 0) is 6.54 Å². The summed E-state index contributed by atoms with van der Waals surface area (Å²) < 4.78 is 1.05. The molecule has 3 nitrogen and oxygen atoms in total. The van der Waals surface area contributed by atoms with Crippen molar-refractivity contribution in [2.75, 3.05) is 13.1 Å². The Bertz CT molecular complexity index is 431. The normalized spacial score (nSPS) is 23.8. The number of hydrogen-bond acceptors (Lipinski definition) is 3. The second-order valence-electron chi connectivity index (χ2n) is 6.44. The maximum absolute atomic E-state index is 4.26. The summed E-state index contributed by atoms with van der Waals surface area (Å²) >= 11 is 3.50. The van der Waals surface area contributed by atoms with E-state index in [1.54, 1.807) is 0 Å². The van der Waals surface area contributed by atoms with Crippen molar-refractivity contribution in [3.63, 3.8) is 0 Å². The van der Waals surface area contributed by atoms with Crippen molar-refractivity contribution in [1.29, 1.82) is 0 Å². The first kappa shape index (κ1) is 14.9. The highest BCUT2D eigenvalue weighted by Crippen LogP contribution is 2.24.